The fourth-order valence-electron chi connectivity index (χ4n) is 9.37. The molecule has 2 unspecified atom stereocenters. The van der Waals surface area contributed by atoms with Crippen LogP contribution in [0, 0.1) is 17.8 Å². The quantitative estimate of drug-likeness (QED) is 0.336. The zero-order chi connectivity index (χ0) is 31.8. The summed E-state index contributed by atoms with van der Waals surface area (Å²) < 4.78 is 45.2. The first-order chi connectivity index (χ1) is 21.5. The van der Waals surface area contributed by atoms with E-state index in [0.29, 0.717) is 18.0 Å². The highest BCUT2D eigenvalue weighted by atomic mass is 19.4. The van der Waals surface area contributed by atoms with Crippen molar-refractivity contribution in [2.24, 2.45) is 17.8 Å². The van der Waals surface area contributed by atoms with Gasteiger partial charge in [0.15, 0.2) is 0 Å². The molecule has 45 heavy (non-hydrogen) atoms. The molecule has 0 aromatic heterocycles. The molecule has 3 atom stereocenters. The number of halogens is 3. The summed E-state index contributed by atoms with van der Waals surface area (Å²) >= 11 is 0. The lowest BCUT2D eigenvalue weighted by Crippen LogP contribution is -2.60. The lowest BCUT2D eigenvalue weighted by molar-refractivity contribution is -0.184. The second-order valence-corrected chi connectivity index (χ2v) is 14.8. The molecule has 5 aliphatic rings. The lowest BCUT2D eigenvalue weighted by atomic mass is 9.80. The first kappa shape index (κ1) is 32.6. The number of urea groups is 1. The van der Waals surface area contributed by atoms with Gasteiger partial charge in [-0.15, -0.1) is 0 Å². The van der Waals surface area contributed by atoms with E-state index in [2.05, 4.69) is 33.9 Å². The number of fused-ring (bicyclic) bond motifs is 2. The topological polar surface area (TPSA) is 65.1 Å². The predicted molar refractivity (Wildman–Crippen MR) is 166 cm³/mol. The van der Waals surface area contributed by atoms with Crippen molar-refractivity contribution < 1.29 is 27.5 Å². The smallest absolute Gasteiger partial charge is 0.381 e. The molecule has 1 aromatic rings. The van der Waals surface area contributed by atoms with E-state index in [9.17, 15) is 22.8 Å². The van der Waals surface area contributed by atoms with Gasteiger partial charge in [0, 0.05) is 56.9 Å². The number of carbonyl (C=O) groups is 2. The highest BCUT2D eigenvalue weighted by Crippen LogP contribution is 2.48. The molecule has 0 radical (unpaired) electrons. The number of rotatable bonds is 9. The molecule has 250 valence electrons. The number of piperidine rings is 1. The van der Waals surface area contributed by atoms with Crippen LogP contribution >= 0.6 is 0 Å². The van der Waals surface area contributed by atoms with Crippen LogP contribution in [-0.4, -0.2) is 89.3 Å². The summed E-state index contributed by atoms with van der Waals surface area (Å²) in [5.74, 6) is -1.27. The van der Waals surface area contributed by atoms with Crippen LogP contribution in [0.1, 0.15) is 96.1 Å². The van der Waals surface area contributed by atoms with Gasteiger partial charge in [0.05, 0.1) is 17.5 Å². The molecule has 1 N–H and O–H groups in total. The van der Waals surface area contributed by atoms with E-state index in [1.807, 2.05) is 30.3 Å². The second kappa shape index (κ2) is 13.4. The van der Waals surface area contributed by atoms with E-state index < -0.39 is 12.1 Å². The first-order valence-electron chi connectivity index (χ1n) is 17.4. The minimum absolute atomic E-state index is 0.0267. The summed E-state index contributed by atoms with van der Waals surface area (Å²) in [6.45, 7) is 8.34. The van der Waals surface area contributed by atoms with Gasteiger partial charge >= 0.3 is 12.2 Å². The fraction of sp³-hybridized carbons (Fsp3) is 0.771. The highest BCUT2D eigenvalue weighted by Gasteiger charge is 2.58. The van der Waals surface area contributed by atoms with Gasteiger partial charge < -0.3 is 19.9 Å². The summed E-state index contributed by atoms with van der Waals surface area (Å²) in [4.78, 5) is 34.1. The van der Waals surface area contributed by atoms with Crippen molar-refractivity contribution in [2.75, 3.05) is 32.8 Å². The van der Waals surface area contributed by atoms with E-state index >= 15 is 0 Å². The first-order valence-corrected chi connectivity index (χ1v) is 17.4. The Morgan fingerprint density at radius 1 is 0.978 bits per heavy atom. The highest BCUT2D eigenvalue weighted by molar-refractivity contribution is 5.79. The van der Waals surface area contributed by atoms with Crippen molar-refractivity contribution in [3.8, 4) is 0 Å². The molecular formula is C35H51F3N4O3. The van der Waals surface area contributed by atoms with E-state index in [4.69, 9.17) is 4.74 Å². The van der Waals surface area contributed by atoms with Crippen LogP contribution in [0.4, 0.5) is 18.0 Å². The molecule has 7 nitrogen and oxygen atoms in total. The fourth-order valence-corrected chi connectivity index (χ4v) is 9.37. The monoisotopic (exact) mass is 632 g/mol. The molecular weight excluding hydrogens is 581 g/mol. The van der Waals surface area contributed by atoms with E-state index in [0.717, 1.165) is 83.4 Å². The van der Waals surface area contributed by atoms with E-state index in [-0.39, 0.29) is 61.2 Å². The third kappa shape index (κ3) is 7.02. The minimum atomic E-state index is -4.18. The van der Waals surface area contributed by atoms with Gasteiger partial charge in [0.2, 0.25) is 5.91 Å². The summed E-state index contributed by atoms with van der Waals surface area (Å²) in [5.41, 5.74) is 0.896. The number of ether oxygens (including phenoxy) is 1. The number of nitrogens with one attached hydrogen (secondary N) is 1. The maximum absolute atomic E-state index is 13.8. The molecule has 3 amide bonds. The van der Waals surface area contributed by atoms with Crippen LogP contribution in [0.15, 0.2) is 30.3 Å². The Kier molecular flexibility index (Phi) is 9.72. The lowest BCUT2D eigenvalue weighted by Gasteiger charge is -2.49. The Bertz CT molecular complexity index is 1150. The number of hydrogen-bond acceptors (Lipinski definition) is 4. The Balaban J connectivity index is 1.10. The van der Waals surface area contributed by atoms with Gasteiger partial charge in [-0.1, -0.05) is 30.3 Å². The van der Waals surface area contributed by atoms with Gasteiger partial charge in [-0.05, 0) is 96.0 Å². The molecule has 1 saturated carbocycles. The molecule has 1 aliphatic carbocycles. The van der Waals surface area contributed by atoms with Crippen LogP contribution in [0.2, 0.25) is 0 Å². The standard InChI is InChI=1S/C35H51F3N4O3/c1-24(2)42-33(44)40(22-25-15-18-45-19-16-25)23-34(42)20-29-12-13-30(21-34)41(29)17-14-31(26-6-4-3-5-7-26)39-32(43)27-8-10-28(11-9-27)35(36,37)38/h3-7,24-25,27-31H,8-23H2,1-2H3,(H,39,43)/t27?,28?,29?,30?,31-,34?/m0/s1. The molecule has 4 saturated heterocycles. The van der Waals surface area contributed by atoms with Gasteiger partial charge in [-0.25, -0.2) is 4.79 Å². The van der Waals surface area contributed by atoms with Crippen molar-refractivity contribution in [1.29, 1.82) is 0 Å². The number of carbonyl (C=O) groups excluding carboxylic acids is 2. The second-order valence-electron chi connectivity index (χ2n) is 14.8. The average Bonchev–Trinajstić information content (AvgIpc) is 3.43. The Morgan fingerprint density at radius 3 is 2.22 bits per heavy atom. The average molecular weight is 633 g/mol. The number of nitrogens with zero attached hydrogens (tertiary/aromatic N) is 3. The van der Waals surface area contributed by atoms with Crippen LogP contribution < -0.4 is 5.32 Å². The minimum Gasteiger partial charge on any atom is -0.381 e. The number of hydrogen-bond donors (Lipinski definition) is 1. The van der Waals surface area contributed by atoms with Crippen LogP contribution in [0.5, 0.6) is 0 Å². The number of alkyl halides is 3. The van der Waals surface area contributed by atoms with Gasteiger partial charge in [0.25, 0.3) is 0 Å². The van der Waals surface area contributed by atoms with Crippen molar-refractivity contribution in [1.82, 2.24) is 20.0 Å². The molecule has 10 heteroatoms. The van der Waals surface area contributed by atoms with Gasteiger partial charge in [0.1, 0.15) is 0 Å². The molecule has 4 aliphatic heterocycles. The van der Waals surface area contributed by atoms with Crippen LogP contribution in [0.25, 0.3) is 0 Å². The van der Waals surface area contributed by atoms with Gasteiger partial charge in [-0.2, -0.15) is 13.2 Å². The van der Waals surface area contributed by atoms with Crippen LogP contribution in [0.3, 0.4) is 0 Å². The number of amides is 3. The molecule has 1 spiro atoms. The maximum Gasteiger partial charge on any atom is 0.391 e. The van der Waals surface area contributed by atoms with Crippen molar-refractivity contribution in [2.45, 2.75) is 120 Å². The molecule has 5 fully saturated rings. The Hall–Kier alpha value is -2.33. The Labute approximate surface area is 266 Å². The summed E-state index contributed by atoms with van der Waals surface area (Å²) in [5, 5.41) is 3.25. The van der Waals surface area contributed by atoms with Crippen molar-refractivity contribution >= 4 is 11.9 Å². The van der Waals surface area contributed by atoms with Crippen molar-refractivity contribution in [3.63, 3.8) is 0 Å². The third-order valence-corrected chi connectivity index (χ3v) is 11.6. The van der Waals surface area contributed by atoms with E-state index in [1.54, 1.807) is 0 Å². The number of benzene rings is 1. The predicted octanol–water partition coefficient (Wildman–Crippen LogP) is 6.54. The Morgan fingerprint density at radius 2 is 1.62 bits per heavy atom. The molecule has 1 aromatic carbocycles. The molecule has 2 bridgehead atoms. The summed E-state index contributed by atoms with van der Waals surface area (Å²) in [7, 11) is 0. The normalized spacial score (nSPS) is 32.1. The summed E-state index contributed by atoms with van der Waals surface area (Å²) in [6, 6.07) is 10.9. The van der Waals surface area contributed by atoms with E-state index in [1.165, 1.54) is 0 Å². The molecule has 4 heterocycles. The zero-order valence-electron chi connectivity index (χ0n) is 26.9. The van der Waals surface area contributed by atoms with Crippen molar-refractivity contribution in [3.05, 3.63) is 35.9 Å². The summed E-state index contributed by atoms with van der Waals surface area (Å²) in [6.07, 6.45) is 3.42. The maximum atomic E-state index is 13.8. The largest absolute Gasteiger partial charge is 0.391 e. The van der Waals surface area contributed by atoms with Gasteiger partial charge in [-0.3, -0.25) is 9.69 Å². The third-order valence-electron chi connectivity index (χ3n) is 11.6. The SMILES string of the molecule is CC(C)N1C(=O)N(CC2CCOCC2)CC12CC1CCC(C2)N1CC[C@H](NC(=O)C1CCC(C(F)(F)F)CC1)c1ccccc1. The molecule has 6 rings (SSSR count). The zero-order valence-corrected chi connectivity index (χ0v) is 26.9. The van der Waals surface area contributed by atoms with Crippen LogP contribution in [-0.2, 0) is 9.53 Å².